The van der Waals surface area contributed by atoms with Crippen molar-refractivity contribution in [3.63, 3.8) is 0 Å². The maximum absolute atomic E-state index is 13.3. The zero-order chi connectivity index (χ0) is 20.6. The highest BCUT2D eigenvalue weighted by Crippen LogP contribution is 2.20. The molecular formula is C21H16BrN3O3S. The molecule has 0 aliphatic rings. The number of hydrogen-bond donors (Lipinski definition) is 1. The number of nitrogens with two attached hydrogens (primary N) is 1. The minimum atomic E-state index is -3.82. The Morgan fingerprint density at radius 2 is 1.66 bits per heavy atom. The topological polar surface area (TPSA) is 95.1 Å². The lowest BCUT2D eigenvalue weighted by Crippen LogP contribution is -2.24. The Bertz CT molecular complexity index is 1370. The first-order valence-electron chi connectivity index (χ1n) is 8.71. The third-order valence-electron chi connectivity index (χ3n) is 4.53. The van der Waals surface area contributed by atoms with E-state index in [1.165, 1.54) is 16.7 Å². The van der Waals surface area contributed by atoms with Crippen LogP contribution in [0.4, 0.5) is 0 Å². The van der Waals surface area contributed by atoms with Crippen LogP contribution in [-0.4, -0.2) is 18.0 Å². The van der Waals surface area contributed by atoms with Crippen molar-refractivity contribution in [1.82, 2.24) is 9.55 Å². The van der Waals surface area contributed by atoms with Crippen LogP contribution < -0.4 is 10.7 Å². The van der Waals surface area contributed by atoms with Crippen LogP contribution in [0.15, 0.2) is 87.0 Å². The Labute approximate surface area is 175 Å². The van der Waals surface area contributed by atoms with Crippen molar-refractivity contribution in [2.45, 2.75) is 11.3 Å². The summed E-state index contributed by atoms with van der Waals surface area (Å²) in [6.45, 7) is 0. The van der Waals surface area contributed by atoms with Gasteiger partial charge in [-0.15, -0.1) is 0 Å². The summed E-state index contributed by atoms with van der Waals surface area (Å²) in [4.78, 5) is 18.0. The first kappa shape index (κ1) is 19.5. The van der Waals surface area contributed by atoms with Crippen LogP contribution in [0.25, 0.3) is 16.6 Å². The van der Waals surface area contributed by atoms with E-state index in [-0.39, 0.29) is 10.5 Å². The van der Waals surface area contributed by atoms with E-state index in [0.717, 1.165) is 10.0 Å². The molecule has 0 atom stereocenters. The molecule has 0 aliphatic carbocycles. The molecule has 0 saturated heterocycles. The third kappa shape index (κ3) is 4.00. The minimum absolute atomic E-state index is 0.0181. The van der Waals surface area contributed by atoms with Gasteiger partial charge >= 0.3 is 0 Å². The lowest BCUT2D eigenvalue weighted by atomic mass is 10.1. The van der Waals surface area contributed by atoms with Crippen LogP contribution >= 0.6 is 15.9 Å². The molecule has 0 bridgehead atoms. The predicted molar refractivity (Wildman–Crippen MR) is 116 cm³/mol. The second-order valence-corrected chi connectivity index (χ2v) is 9.01. The quantitative estimate of drug-likeness (QED) is 0.495. The summed E-state index contributed by atoms with van der Waals surface area (Å²) in [6.07, 6.45) is 0.443. The van der Waals surface area contributed by atoms with Crippen molar-refractivity contribution in [3.05, 3.63) is 99.0 Å². The molecule has 0 aliphatic heterocycles. The first-order chi connectivity index (χ1) is 13.8. The summed E-state index contributed by atoms with van der Waals surface area (Å²) in [5, 5.41) is 5.65. The number of primary sulfonamides is 1. The number of aromatic nitrogens is 2. The van der Waals surface area contributed by atoms with Gasteiger partial charge in [-0.3, -0.25) is 9.36 Å². The summed E-state index contributed by atoms with van der Waals surface area (Å²) in [6, 6.07) is 21.0. The molecule has 146 valence electrons. The molecule has 3 aromatic carbocycles. The molecule has 2 N–H and O–H groups in total. The van der Waals surface area contributed by atoms with E-state index in [2.05, 4.69) is 15.9 Å². The molecular weight excluding hydrogens is 454 g/mol. The van der Waals surface area contributed by atoms with Crippen molar-refractivity contribution in [2.24, 2.45) is 5.14 Å². The molecule has 0 saturated carbocycles. The maximum atomic E-state index is 13.3. The molecule has 0 unspecified atom stereocenters. The fourth-order valence-electron chi connectivity index (χ4n) is 3.15. The van der Waals surface area contributed by atoms with Crippen molar-refractivity contribution >= 4 is 36.9 Å². The minimum Gasteiger partial charge on any atom is -0.268 e. The zero-order valence-corrected chi connectivity index (χ0v) is 17.5. The van der Waals surface area contributed by atoms with Gasteiger partial charge in [0.2, 0.25) is 10.0 Å². The van der Waals surface area contributed by atoms with Gasteiger partial charge in [-0.2, -0.15) is 0 Å². The number of halogens is 1. The SMILES string of the molecule is NS(=O)(=O)c1ccc(-n2c(Cc3ccccc3)nc3ccc(Br)cc3c2=O)cc1. The molecule has 29 heavy (non-hydrogen) atoms. The number of nitrogens with zero attached hydrogens (tertiary/aromatic N) is 2. The van der Waals surface area contributed by atoms with Crippen LogP contribution in [-0.2, 0) is 16.4 Å². The summed E-state index contributed by atoms with van der Waals surface area (Å²) in [7, 11) is -3.82. The average molecular weight is 470 g/mol. The molecule has 1 aromatic heterocycles. The largest absolute Gasteiger partial charge is 0.268 e. The molecule has 4 aromatic rings. The van der Waals surface area contributed by atoms with Crippen molar-refractivity contribution in [1.29, 1.82) is 0 Å². The summed E-state index contributed by atoms with van der Waals surface area (Å²) < 4.78 is 25.4. The zero-order valence-electron chi connectivity index (χ0n) is 15.1. The molecule has 0 amide bonds. The fourth-order valence-corrected chi connectivity index (χ4v) is 4.03. The van der Waals surface area contributed by atoms with Crippen LogP contribution in [0.1, 0.15) is 11.4 Å². The Morgan fingerprint density at radius 1 is 0.966 bits per heavy atom. The molecule has 0 spiro atoms. The molecule has 0 radical (unpaired) electrons. The van der Waals surface area contributed by atoms with Crippen LogP contribution in [0, 0.1) is 0 Å². The summed E-state index contributed by atoms with van der Waals surface area (Å²) >= 11 is 3.39. The summed E-state index contributed by atoms with van der Waals surface area (Å²) in [5.74, 6) is 0.555. The molecule has 4 rings (SSSR count). The van der Waals surface area contributed by atoms with E-state index < -0.39 is 10.0 Å². The van der Waals surface area contributed by atoms with Gasteiger partial charge in [-0.25, -0.2) is 18.5 Å². The van der Waals surface area contributed by atoms with E-state index in [1.807, 2.05) is 36.4 Å². The molecule has 1 heterocycles. The van der Waals surface area contributed by atoms with E-state index >= 15 is 0 Å². The standard InChI is InChI=1S/C21H16BrN3O3S/c22-15-6-11-19-18(13-15)21(26)25(16-7-9-17(10-8-16)29(23,27)28)20(24-19)12-14-4-2-1-3-5-14/h1-11,13H,12H2,(H2,23,27,28). The molecule has 6 nitrogen and oxygen atoms in total. The highest BCUT2D eigenvalue weighted by atomic mass is 79.9. The highest BCUT2D eigenvalue weighted by molar-refractivity contribution is 9.10. The van der Waals surface area contributed by atoms with Crippen LogP contribution in [0.5, 0.6) is 0 Å². The number of fused-ring (bicyclic) bond motifs is 1. The normalized spacial score (nSPS) is 11.7. The Hall–Kier alpha value is -2.81. The Kier molecular flexibility index (Phi) is 5.08. The van der Waals surface area contributed by atoms with E-state index in [9.17, 15) is 13.2 Å². The van der Waals surface area contributed by atoms with Gasteiger partial charge in [-0.1, -0.05) is 46.3 Å². The Morgan fingerprint density at radius 3 is 2.31 bits per heavy atom. The van der Waals surface area contributed by atoms with Crippen LogP contribution in [0.2, 0.25) is 0 Å². The van der Waals surface area contributed by atoms with Crippen LogP contribution in [0.3, 0.4) is 0 Å². The van der Waals surface area contributed by atoms with E-state index in [4.69, 9.17) is 10.1 Å². The number of benzene rings is 3. The molecule has 8 heteroatoms. The van der Waals surface area contributed by atoms with Crippen molar-refractivity contribution < 1.29 is 8.42 Å². The van der Waals surface area contributed by atoms with E-state index in [1.54, 1.807) is 24.3 Å². The van der Waals surface area contributed by atoms with Gasteiger partial charge < -0.3 is 0 Å². The molecule has 0 fully saturated rings. The summed E-state index contributed by atoms with van der Waals surface area (Å²) in [5.41, 5.74) is 1.89. The third-order valence-corrected chi connectivity index (χ3v) is 5.95. The number of sulfonamides is 1. The number of hydrogen-bond acceptors (Lipinski definition) is 4. The van der Waals surface area contributed by atoms with Gasteiger partial charge in [-0.05, 0) is 48.0 Å². The Balaban J connectivity index is 1.95. The van der Waals surface area contributed by atoms with E-state index in [0.29, 0.717) is 28.8 Å². The monoisotopic (exact) mass is 469 g/mol. The van der Waals surface area contributed by atoms with Gasteiger partial charge in [0.1, 0.15) is 5.82 Å². The lowest BCUT2D eigenvalue weighted by molar-refractivity contribution is 0.598. The average Bonchev–Trinajstić information content (AvgIpc) is 2.69. The first-order valence-corrected chi connectivity index (χ1v) is 11.1. The van der Waals surface area contributed by atoms with Crippen molar-refractivity contribution in [2.75, 3.05) is 0 Å². The highest BCUT2D eigenvalue weighted by Gasteiger charge is 2.15. The maximum Gasteiger partial charge on any atom is 0.266 e. The van der Waals surface area contributed by atoms with Gasteiger partial charge in [0.25, 0.3) is 5.56 Å². The van der Waals surface area contributed by atoms with Gasteiger partial charge in [0, 0.05) is 10.9 Å². The predicted octanol–water partition coefficient (Wildman–Crippen LogP) is 3.39. The number of rotatable bonds is 4. The second-order valence-electron chi connectivity index (χ2n) is 6.53. The smallest absolute Gasteiger partial charge is 0.266 e. The van der Waals surface area contributed by atoms with Gasteiger partial charge in [0.15, 0.2) is 0 Å². The van der Waals surface area contributed by atoms with Gasteiger partial charge in [0.05, 0.1) is 21.5 Å². The second kappa shape index (κ2) is 7.55. The fraction of sp³-hybridized carbons (Fsp3) is 0.0476. The van der Waals surface area contributed by atoms with Crippen molar-refractivity contribution in [3.8, 4) is 5.69 Å². The lowest BCUT2D eigenvalue weighted by Gasteiger charge is -2.14.